The van der Waals surface area contributed by atoms with Crippen LogP contribution < -0.4 is 5.32 Å². The minimum atomic E-state index is 0.177. The van der Waals surface area contributed by atoms with Crippen LogP contribution in [-0.4, -0.2) is 36.8 Å². The zero-order chi connectivity index (χ0) is 14.7. The molecule has 2 saturated heterocycles. The number of ether oxygens (including phenoxy) is 1. The molecule has 2 nitrogen and oxygen atoms in total. The Bertz CT molecular complexity index is 476. The van der Waals surface area contributed by atoms with Gasteiger partial charge in [0.15, 0.2) is 0 Å². The van der Waals surface area contributed by atoms with Crippen LogP contribution in [0.2, 0.25) is 0 Å². The van der Waals surface area contributed by atoms with E-state index in [0.717, 1.165) is 18.9 Å². The van der Waals surface area contributed by atoms with Crippen molar-refractivity contribution in [1.82, 2.24) is 5.32 Å². The summed E-state index contributed by atoms with van der Waals surface area (Å²) in [4.78, 5) is 0. The van der Waals surface area contributed by atoms with E-state index in [9.17, 15) is 0 Å². The van der Waals surface area contributed by atoms with E-state index in [0.29, 0.717) is 6.04 Å². The van der Waals surface area contributed by atoms with E-state index in [-0.39, 0.29) is 5.60 Å². The fraction of sp³-hybridized carbons (Fsp3) is 0.647. The normalized spacial score (nSPS) is 30.7. The Hall–Kier alpha value is -0.0300. The standard InChI is InChI=1S/C17H24BrNOS/c1-19-16(10-13-4-2-3-5-15(13)18)14-6-8-20-17(11-14)7-9-21-12-17/h2-5,14,16,19H,6-12H2,1H3. The fourth-order valence-corrected chi connectivity index (χ4v) is 5.50. The molecule has 2 heterocycles. The van der Waals surface area contributed by atoms with Crippen molar-refractivity contribution in [3.63, 3.8) is 0 Å². The zero-order valence-corrected chi connectivity index (χ0v) is 15.0. The number of hydrogen-bond donors (Lipinski definition) is 1. The Morgan fingerprint density at radius 3 is 3.05 bits per heavy atom. The zero-order valence-electron chi connectivity index (χ0n) is 12.6. The average Bonchev–Trinajstić information content (AvgIpc) is 2.94. The largest absolute Gasteiger partial charge is 0.374 e. The van der Waals surface area contributed by atoms with Crippen LogP contribution in [-0.2, 0) is 11.2 Å². The van der Waals surface area contributed by atoms with E-state index >= 15 is 0 Å². The molecule has 1 aromatic carbocycles. The van der Waals surface area contributed by atoms with Gasteiger partial charge in [0.1, 0.15) is 0 Å². The average molecular weight is 370 g/mol. The van der Waals surface area contributed by atoms with Crippen LogP contribution in [0.3, 0.4) is 0 Å². The summed E-state index contributed by atoms with van der Waals surface area (Å²) in [6.07, 6.45) is 4.73. The maximum atomic E-state index is 6.17. The van der Waals surface area contributed by atoms with Gasteiger partial charge in [-0.1, -0.05) is 34.1 Å². The van der Waals surface area contributed by atoms with Crippen molar-refractivity contribution in [2.75, 3.05) is 25.2 Å². The molecule has 0 aliphatic carbocycles. The Morgan fingerprint density at radius 1 is 1.48 bits per heavy atom. The second-order valence-corrected chi connectivity index (χ2v) is 8.24. The summed E-state index contributed by atoms with van der Waals surface area (Å²) < 4.78 is 7.39. The highest BCUT2D eigenvalue weighted by molar-refractivity contribution is 9.10. The van der Waals surface area contributed by atoms with Crippen LogP contribution in [0.4, 0.5) is 0 Å². The van der Waals surface area contributed by atoms with Crippen LogP contribution in [0, 0.1) is 5.92 Å². The third-order valence-corrected chi connectivity index (χ3v) is 6.93. The number of thioether (sulfide) groups is 1. The molecule has 2 aliphatic heterocycles. The number of nitrogens with one attached hydrogen (secondary N) is 1. The molecule has 3 atom stereocenters. The van der Waals surface area contributed by atoms with E-state index in [1.54, 1.807) is 0 Å². The Morgan fingerprint density at radius 2 is 2.33 bits per heavy atom. The first-order valence-electron chi connectivity index (χ1n) is 7.85. The summed E-state index contributed by atoms with van der Waals surface area (Å²) in [5.41, 5.74) is 1.58. The molecular weight excluding hydrogens is 346 g/mol. The number of benzene rings is 1. The van der Waals surface area contributed by atoms with Gasteiger partial charge in [-0.05, 0) is 56.0 Å². The van der Waals surface area contributed by atoms with Crippen LogP contribution >= 0.6 is 27.7 Å². The van der Waals surface area contributed by atoms with E-state index in [2.05, 4.69) is 64.3 Å². The maximum absolute atomic E-state index is 6.17. The molecule has 0 saturated carbocycles. The lowest BCUT2D eigenvalue weighted by molar-refractivity contribution is -0.0847. The van der Waals surface area contributed by atoms with Gasteiger partial charge in [-0.15, -0.1) is 0 Å². The number of halogens is 1. The molecule has 0 radical (unpaired) electrons. The molecule has 4 heteroatoms. The van der Waals surface area contributed by atoms with Gasteiger partial charge in [0.05, 0.1) is 5.60 Å². The molecule has 21 heavy (non-hydrogen) atoms. The molecule has 116 valence electrons. The maximum Gasteiger partial charge on any atom is 0.0783 e. The minimum Gasteiger partial charge on any atom is -0.374 e. The quantitative estimate of drug-likeness (QED) is 0.869. The summed E-state index contributed by atoms with van der Waals surface area (Å²) in [6, 6.07) is 9.12. The number of rotatable bonds is 4. The predicted molar refractivity (Wildman–Crippen MR) is 94.0 cm³/mol. The molecule has 1 aromatic rings. The molecule has 0 amide bonds. The van der Waals surface area contributed by atoms with Gasteiger partial charge in [0.2, 0.25) is 0 Å². The lowest BCUT2D eigenvalue weighted by atomic mass is 9.79. The van der Waals surface area contributed by atoms with Gasteiger partial charge in [0.25, 0.3) is 0 Å². The Balaban J connectivity index is 1.69. The van der Waals surface area contributed by atoms with E-state index in [4.69, 9.17) is 4.74 Å². The topological polar surface area (TPSA) is 21.3 Å². The SMILES string of the molecule is CNC(Cc1ccccc1Br)C1CCOC2(CCSC2)C1. The summed E-state index contributed by atoms with van der Waals surface area (Å²) in [5.74, 6) is 3.17. The van der Waals surface area contributed by atoms with Gasteiger partial charge in [0, 0.05) is 22.9 Å². The summed E-state index contributed by atoms with van der Waals surface area (Å²) in [6.45, 7) is 0.930. The Kier molecular flexibility index (Phi) is 5.31. The van der Waals surface area contributed by atoms with Crippen LogP contribution in [0.15, 0.2) is 28.7 Å². The first-order chi connectivity index (χ1) is 10.2. The van der Waals surface area contributed by atoms with E-state index in [1.165, 1.54) is 40.8 Å². The second kappa shape index (κ2) is 7.03. The molecule has 2 fully saturated rings. The first-order valence-corrected chi connectivity index (χ1v) is 9.80. The van der Waals surface area contributed by atoms with Gasteiger partial charge in [-0.2, -0.15) is 11.8 Å². The van der Waals surface area contributed by atoms with E-state index < -0.39 is 0 Å². The van der Waals surface area contributed by atoms with Gasteiger partial charge < -0.3 is 10.1 Å². The van der Waals surface area contributed by atoms with Gasteiger partial charge in [-0.3, -0.25) is 0 Å². The van der Waals surface area contributed by atoms with Crippen molar-refractivity contribution in [3.05, 3.63) is 34.3 Å². The third-order valence-electron chi connectivity index (χ3n) is 4.94. The molecular formula is C17H24BrNOS. The fourth-order valence-electron chi connectivity index (χ4n) is 3.68. The number of hydrogen-bond acceptors (Lipinski definition) is 3. The van der Waals surface area contributed by atoms with Gasteiger partial charge in [-0.25, -0.2) is 0 Å². The monoisotopic (exact) mass is 369 g/mol. The van der Waals surface area contributed by atoms with Gasteiger partial charge >= 0.3 is 0 Å². The molecule has 3 unspecified atom stereocenters. The van der Waals surface area contributed by atoms with Crippen molar-refractivity contribution in [3.8, 4) is 0 Å². The van der Waals surface area contributed by atoms with Crippen LogP contribution in [0.25, 0.3) is 0 Å². The summed E-state index contributed by atoms with van der Waals surface area (Å²) in [7, 11) is 2.10. The highest BCUT2D eigenvalue weighted by Crippen LogP contribution is 2.41. The first kappa shape index (κ1) is 15.9. The highest BCUT2D eigenvalue weighted by atomic mass is 79.9. The van der Waals surface area contributed by atoms with Crippen molar-refractivity contribution in [2.45, 2.75) is 37.3 Å². The van der Waals surface area contributed by atoms with Crippen molar-refractivity contribution in [1.29, 1.82) is 0 Å². The van der Waals surface area contributed by atoms with Crippen LogP contribution in [0.1, 0.15) is 24.8 Å². The second-order valence-electron chi connectivity index (χ2n) is 6.28. The smallest absolute Gasteiger partial charge is 0.0783 e. The lowest BCUT2D eigenvalue weighted by Gasteiger charge is -2.41. The molecule has 1 N–H and O–H groups in total. The Labute approximate surface area is 140 Å². The molecule has 0 bridgehead atoms. The predicted octanol–water partition coefficient (Wildman–Crippen LogP) is 3.88. The summed E-state index contributed by atoms with van der Waals surface area (Å²) >= 11 is 5.74. The lowest BCUT2D eigenvalue weighted by Crippen LogP contribution is -2.47. The minimum absolute atomic E-state index is 0.177. The number of likely N-dealkylation sites (N-methyl/N-ethyl adjacent to an activating group) is 1. The molecule has 1 spiro atoms. The van der Waals surface area contributed by atoms with Crippen molar-refractivity contribution < 1.29 is 4.74 Å². The highest BCUT2D eigenvalue weighted by Gasteiger charge is 2.42. The molecule has 0 aromatic heterocycles. The van der Waals surface area contributed by atoms with E-state index in [1.807, 2.05) is 0 Å². The van der Waals surface area contributed by atoms with Crippen LogP contribution in [0.5, 0.6) is 0 Å². The van der Waals surface area contributed by atoms with Crippen molar-refractivity contribution in [2.24, 2.45) is 5.92 Å². The summed E-state index contributed by atoms with van der Waals surface area (Å²) in [5, 5.41) is 3.57. The molecule has 3 rings (SSSR count). The van der Waals surface area contributed by atoms with Crippen molar-refractivity contribution >= 4 is 27.7 Å². The molecule has 2 aliphatic rings. The third kappa shape index (κ3) is 3.66.